The van der Waals surface area contributed by atoms with Gasteiger partial charge in [0.2, 0.25) is 5.91 Å². The average molecular weight is 411 g/mol. The zero-order chi connectivity index (χ0) is 19.4. The first kappa shape index (κ1) is 19.9. The maximum Gasteiger partial charge on any atom is 0.303 e. The molecule has 7 nitrogen and oxygen atoms in total. The lowest BCUT2D eigenvalue weighted by molar-refractivity contribution is -0.137. The SMILES string of the molecule is O=C(O)CCCC(=O)N=C1S[C@@H]2CS(=O)(=O)C[C@@H]2N1CCc1ccccc1. The van der Waals surface area contributed by atoms with Crippen molar-refractivity contribution in [3.63, 3.8) is 0 Å². The third-order valence-corrected chi connectivity index (χ3v) is 7.91. The lowest BCUT2D eigenvalue weighted by Gasteiger charge is -2.24. The predicted octanol–water partition coefficient (Wildman–Crippen LogP) is 1.58. The molecule has 1 N–H and O–H groups in total. The van der Waals surface area contributed by atoms with Gasteiger partial charge in [0.15, 0.2) is 15.0 Å². The third-order valence-electron chi connectivity index (χ3n) is 4.66. The van der Waals surface area contributed by atoms with Crippen LogP contribution < -0.4 is 0 Å². The second kappa shape index (κ2) is 8.43. The average Bonchev–Trinajstić information content (AvgIpc) is 3.04. The molecule has 1 amide bonds. The number of aliphatic carboxylic acids is 1. The second-order valence-electron chi connectivity index (χ2n) is 6.76. The molecule has 1 aromatic rings. The van der Waals surface area contributed by atoms with Gasteiger partial charge < -0.3 is 10.0 Å². The molecule has 0 aliphatic carbocycles. The first-order valence-corrected chi connectivity index (χ1v) is 11.5. The number of nitrogens with zero attached hydrogens (tertiary/aromatic N) is 2. The maximum absolute atomic E-state index is 12.1. The van der Waals surface area contributed by atoms with E-state index in [2.05, 4.69) is 4.99 Å². The summed E-state index contributed by atoms with van der Waals surface area (Å²) in [5, 5.41) is 9.14. The minimum atomic E-state index is -3.06. The van der Waals surface area contributed by atoms with Crippen LogP contribution in [0.15, 0.2) is 35.3 Å². The molecular weight excluding hydrogens is 388 g/mol. The Bertz CT molecular complexity index is 839. The highest BCUT2D eigenvalue weighted by Crippen LogP contribution is 2.38. The van der Waals surface area contributed by atoms with Crippen LogP contribution in [-0.2, 0) is 25.8 Å². The Morgan fingerprint density at radius 1 is 1.19 bits per heavy atom. The van der Waals surface area contributed by atoms with Gasteiger partial charge in [-0.3, -0.25) is 9.59 Å². The summed E-state index contributed by atoms with van der Waals surface area (Å²) in [7, 11) is -3.06. The van der Waals surface area contributed by atoms with Crippen LogP contribution in [-0.4, -0.2) is 64.8 Å². The number of sulfone groups is 1. The van der Waals surface area contributed by atoms with Crippen molar-refractivity contribution in [2.45, 2.75) is 37.0 Å². The Hall–Kier alpha value is -1.87. The number of rotatable bonds is 7. The molecule has 0 bridgehead atoms. The maximum atomic E-state index is 12.1. The molecule has 0 radical (unpaired) electrons. The number of hydrogen-bond acceptors (Lipinski definition) is 5. The van der Waals surface area contributed by atoms with E-state index >= 15 is 0 Å². The summed E-state index contributed by atoms with van der Waals surface area (Å²) >= 11 is 1.35. The molecule has 0 unspecified atom stereocenters. The number of thioether (sulfide) groups is 1. The number of carboxylic acid groups (broad SMARTS) is 1. The number of amides is 1. The molecule has 2 saturated heterocycles. The van der Waals surface area contributed by atoms with Gasteiger partial charge in [0, 0.05) is 24.6 Å². The first-order valence-electron chi connectivity index (χ1n) is 8.85. The van der Waals surface area contributed by atoms with Crippen LogP contribution in [0.3, 0.4) is 0 Å². The highest BCUT2D eigenvalue weighted by molar-refractivity contribution is 8.15. The molecule has 0 aromatic heterocycles. The molecule has 2 atom stereocenters. The summed E-state index contributed by atoms with van der Waals surface area (Å²) < 4.78 is 24.0. The van der Waals surface area contributed by atoms with Crippen molar-refractivity contribution in [1.82, 2.24) is 4.90 Å². The fourth-order valence-electron chi connectivity index (χ4n) is 3.34. The van der Waals surface area contributed by atoms with Crippen molar-refractivity contribution < 1.29 is 23.1 Å². The van der Waals surface area contributed by atoms with Gasteiger partial charge in [0.1, 0.15) is 0 Å². The van der Waals surface area contributed by atoms with Crippen molar-refractivity contribution in [3.05, 3.63) is 35.9 Å². The topological polar surface area (TPSA) is 104 Å². The predicted molar refractivity (Wildman–Crippen MR) is 105 cm³/mol. The zero-order valence-corrected chi connectivity index (χ0v) is 16.4. The fraction of sp³-hybridized carbons (Fsp3) is 0.500. The second-order valence-corrected chi connectivity index (χ2v) is 10.1. The van der Waals surface area contributed by atoms with E-state index in [0.29, 0.717) is 11.7 Å². The lowest BCUT2D eigenvalue weighted by atomic mass is 10.1. The highest BCUT2D eigenvalue weighted by Gasteiger charge is 2.48. The Morgan fingerprint density at radius 3 is 2.63 bits per heavy atom. The molecule has 2 heterocycles. The summed E-state index contributed by atoms with van der Waals surface area (Å²) in [5.41, 5.74) is 1.14. The molecule has 2 aliphatic heterocycles. The standard InChI is InChI=1S/C18H22N2O5S2/c21-16(7-4-8-17(22)23)19-18-20(10-9-13-5-2-1-3-6-13)14-11-27(24,25)12-15(14)26-18/h1-3,5-6,14-15H,4,7-12H2,(H,22,23)/t14-,15+/m0/s1. The van der Waals surface area contributed by atoms with Crippen molar-refractivity contribution in [2.24, 2.45) is 4.99 Å². The van der Waals surface area contributed by atoms with Gasteiger partial charge in [-0.2, -0.15) is 4.99 Å². The van der Waals surface area contributed by atoms with Gasteiger partial charge in [0.25, 0.3) is 0 Å². The number of amidine groups is 1. The number of benzene rings is 1. The van der Waals surface area contributed by atoms with Crippen molar-refractivity contribution in [1.29, 1.82) is 0 Å². The largest absolute Gasteiger partial charge is 0.481 e. The molecule has 0 spiro atoms. The van der Waals surface area contributed by atoms with Gasteiger partial charge in [-0.1, -0.05) is 42.1 Å². The zero-order valence-electron chi connectivity index (χ0n) is 14.8. The summed E-state index contributed by atoms with van der Waals surface area (Å²) in [4.78, 5) is 28.8. The van der Waals surface area contributed by atoms with E-state index in [1.54, 1.807) is 0 Å². The molecule has 3 rings (SSSR count). The molecule has 2 fully saturated rings. The fourth-order valence-corrected chi connectivity index (χ4v) is 7.34. The van der Waals surface area contributed by atoms with E-state index in [-0.39, 0.29) is 48.0 Å². The molecule has 1 aromatic carbocycles. The third kappa shape index (κ3) is 5.32. The Morgan fingerprint density at radius 2 is 1.93 bits per heavy atom. The number of carbonyl (C=O) groups is 2. The summed E-state index contributed by atoms with van der Waals surface area (Å²) in [6, 6.07) is 9.72. The van der Waals surface area contributed by atoms with E-state index in [0.717, 1.165) is 12.0 Å². The Balaban J connectivity index is 1.70. The van der Waals surface area contributed by atoms with Crippen LogP contribution in [0, 0.1) is 0 Å². The van der Waals surface area contributed by atoms with Gasteiger partial charge in [-0.25, -0.2) is 8.42 Å². The van der Waals surface area contributed by atoms with E-state index in [4.69, 9.17) is 5.11 Å². The number of carbonyl (C=O) groups excluding carboxylic acids is 1. The number of hydrogen-bond donors (Lipinski definition) is 1. The molecular formula is C18H22N2O5S2. The Labute approximate surface area is 162 Å². The van der Waals surface area contributed by atoms with Crippen LogP contribution in [0.2, 0.25) is 0 Å². The van der Waals surface area contributed by atoms with E-state index in [1.165, 1.54) is 11.8 Å². The van der Waals surface area contributed by atoms with Crippen molar-refractivity contribution >= 4 is 38.6 Å². The summed E-state index contributed by atoms with van der Waals surface area (Å²) in [6.45, 7) is 0.592. The molecule has 2 aliphatic rings. The first-order chi connectivity index (χ1) is 12.8. The van der Waals surface area contributed by atoms with E-state index in [1.807, 2.05) is 35.2 Å². The molecule has 146 valence electrons. The van der Waals surface area contributed by atoms with Gasteiger partial charge >= 0.3 is 5.97 Å². The van der Waals surface area contributed by atoms with Crippen LogP contribution in [0.25, 0.3) is 0 Å². The van der Waals surface area contributed by atoms with Gasteiger partial charge in [0.05, 0.1) is 17.5 Å². The smallest absolute Gasteiger partial charge is 0.303 e. The minimum Gasteiger partial charge on any atom is -0.481 e. The monoisotopic (exact) mass is 410 g/mol. The Kier molecular flexibility index (Phi) is 6.21. The lowest BCUT2D eigenvalue weighted by Crippen LogP contribution is -2.39. The van der Waals surface area contributed by atoms with E-state index < -0.39 is 15.8 Å². The molecule has 9 heteroatoms. The molecule has 27 heavy (non-hydrogen) atoms. The summed E-state index contributed by atoms with van der Waals surface area (Å²) in [6.07, 6.45) is 0.999. The van der Waals surface area contributed by atoms with E-state index in [9.17, 15) is 18.0 Å². The highest BCUT2D eigenvalue weighted by atomic mass is 32.2. The normalized spacial score (nSPS) is 24.9. The number of aliphatic imine (C=N–C) groups is 1. The molecule has 0 saturated carbocycles. The van der Waals surface area contributed by atoms with Crippen molar-refractivity contribution in [2.75, 3.05) is 18.1 Å². The van der Waals surface area contributed by atoms with Gasteiger partial charge in [-0.15, -0.1) is 0 Å². The minimum absolute atomic E-state index is 0.0645. The van der Waals surface area contributed by atoms with Crippen LogP contribution in [0.4, 0.5) is 0 Å². The van der Waals surface area contributed by atoms with Crippen LogP contribution in [0.1, 0.15) is 24.8 Å². The number of carboxylic acids is 1. The quantitative estimate of drug-likeness (QED) is 0.728. The summed E-state index contributed by atoms with van der Waals surface area (Å²) in [5.74, 6) is -1.09. The van der Waals surface area contributed by atoms with Crippen LogP contribution >= 0.6 is 11.8 Å². The van der Waals surface area contributed by atoms with Crippen LogP contribution in [0.5, 0.6) is 0 Å². The van der Waals surface area contributed by atoms with Gasteiger partial charge in [-0.05, 0) is 18.4 Å². The number of fused-ring (bicyclic) bond motifs is 1. The van der Waals surface area contributed by atoms with Crippen molar-refractivity contribution in [3.8, 4) is 0 Å².